The number of ketones is 2. The Morgan fingerprint density at radius 1 is 1.07 bits per heavy atom. The molecule has 2 aliphatic carbocycles. The molecule has 1 atom stereocenters. The Bertz CT molecular complexity index is 317. The predicted octanol–water partition coefficient (Wildman–Crippen LogP) is 2.82. The topological polar surface area (TPSA) is 34.1 Å². The van der Waals surface area contributed by atoms with Gasteiger partial charge < -0.3 is 0 Å². The van der Waals surface area contributed by atoms with E-state index < -0.39 is 0 Å². The molecule has 0 radical (unpaired) electrons. The number of carbonyl (C=O) groups is 2. The molecule has 0 aromatic heterocycles. The van der Waals surface area contributed by atoms with Gasteiger partial charge in [-0.25, -0.2) is 0 Å². The molecule has 0 bridgehead atoms. The van der Waals surface area contributed by atoms with Crippen molar-refractivity contribution in [1.29, 1.82) is 0 Å². The van der Waals surface area contributed by atoms with Crippen LogP contribution < -0.4 is 0 Å². The minimum absolute atomic E-state index is 0.0468. The van der Waals surface area contributed by atoms with E-state index >= 15 is 0 Å². The zero-order valence-corrected chi connectivity index (χ0v) is 9.34. The first-order valence-corrected chi connectivity index (χ1v) is 5.94. The molecule has 2 aliphatic rings. The smallest absolute Gasteiger partial charge is 0.147 e. The maximum absolute atomic E-state index is 11.6. The third kappa shape index (κ3) is 2.04. The van der Waals surface area contributed by atoms with E-state index in [4.69, 9.17) is 0 Å². The van der Waals surface area contributed by atoms with Crippen molar-refractivity contribution in [3.8, 4) is 0 Å². The number of hydrogen-bond donors (Lipinski definition) is 0. The van der Waals surface area contributed by atoms with E-state index in [0.29, 0.717) is 6.42 Å². The van der Waals surface area contributed by atoms with Gasteiger partial charge in [0.2, 0.25) is 0 Å². The molecule has 2 rings (SSSR count). The number of allylic oxidation sites excluding steroid dienone is 2. The van der Waals surface area contributed by atoms with Gasteiger partial charge in [-0.15, -0.1) is 0 Å². The van der Waals surface area contributed by atoms with Crippen LogP contribution in [0.2, 0.25) is 0 Å². The van der Waals surface area contributed by atoms with Crippen molar-refractivity contribution >= 4 is 11.6 Å². The molecule has 0 saturated heterocycles. The summed E-state index contributed by atoms with van der Waals surface area (Å²) in [5.41, 5.74) is 2.61. The fraction of sp³-hybridized carbons (Fsp3) is 0.692. The molecule has 0 amide bonds. The molecular formula is C13H18O2. The maximum Gasteiger partial charge on any atom is 0.147 e. The van der Waals surface area contributed by atoms with Gasteiger partial charge in [0.1, 0.15) is 11.6 Å². The van der Waals surface area contributed by atoms with Gasteiger partial charge in [0.25, 0.3) is 0 Å². The Labute approximate surface area is 90.7 Å². The van der Waals surface area contributed by atoms with Gasteiger partial charge in [-0.3, -0.25) is 9.59 Å². The van der Waals surface area contributed by atoms with Gasteiger partial charge in [0, 0.05) is 6.42 Å². The lowest BCUT2D eigenvalue weighted by Gasteiger charge is -2.19. The number of rotatable bonds is 1. The Hall–Kier alpha value is -0.920. The molecule has 0 spiro atoms. The third-order valence-electron chi connectivity index (χ3n) is 3.63. The molecule has 2 heteroatoms. The van der Waals surface area contributed by atoms with Crippen LogP contribution in [0.4, 0.5) is 0 Å². The van der Waals surface area contributed by atoms with Gasteiger partial charge >= 0.3 is 0 Å². The Morgan fingerprint density at radius 2 is 1.73 bits per heavy atom. The lowest BCUT2D eigenvalue weighted by Crippen LogP contribution is -2.18. The summed E-state index contributed by atoms with van der Waals surface area (Å²) in [6, 6.07) is 0. The summed E-state index contributed by atoms with van der Waals surface area (Å²) >= 11 is 0. The van der Waals surface area contributed by atoms with E-state index in [-0.39, 0.29) is 17.5 Å². The Balaban J connectivity index is 2.26. The lowest BCUT2D eigenvalue weighted by molar-refractivity contribution is -0.128. The highest BCUT2D eigenvalue weighted by Crippen LogP contribution is 2.36. The second kappa shape index (κ2) is 4.30. The molecule has 1 unspecified atom stereocenters. The van der Waals surface area contributed by atoms with Gasteiger partial charge in [-0.1, -0.05) is 17.6 Å². The van der Waals surface area contributed by atoms with E-state index in [2.05, 4.69) is 0 Å². The predicted molar refractivity (Wildman–Crippen MR) is 58.5 cm³/mol. The quantitative estimate of drug-likeness (QED) is 0.488. The van der Waals surface area contributed by atoms with Gasteiger partial charge in [-0.05, 0) is 39.0 Å². The highest BCUT2D eigenvalue weighted by atomic mass is 16.1. The standard InChI is InChI=1S/C13H18O2/c1-9(14)13-11(7-8-12(13)15)10-5-3-2-4-6-10/h13H,2-8H2,1H3. The summed E-state index contributed by atoms with van der Waals surface area (Å²) in [4.78, 5) is 23.1. The summed E-state index contributed by atoms with van der Waals surface area (Å²) in [6.07, 6.45) is 7.44. The highest BCUT2D eigenvalue weighted by molar-refractivity contribution is 6.06. The first-order chi connectivity index (χ1) is 7.20. The van der Waals surface area contributed by atoms with Crippen LogP contribution in [-0.2, 0) is 9.59 Å². The molecule has 2 nitrogen and oxygen atoms in total. The van der Waals surface area contributed by atoms with E-state index in [1.807, 2.05) is 0 Å². The van der Waals surface area contributed by atoms with Crippen molar-refractivity contribution in [2.45, 2.75) is 51.9 Å². The van der Waals surface area contributed by atoms with Gasteiger partial charge in [0.15, 0.2) is 0 Å². The summed E-state index contributed by atoms with van der Waals surface area (Å²) in [5.74, 6) is -0.167. The highest BCUT2D eigenvalue weighted by Gasteiger charge is 2.34. The maximum atomic E-state index is 11.6. The largest absolute Gasteiger partial charge is 0.299 e. The Morgan fingerprint density at radius 3 is 2.33 bits per heavy atom. The van der Waals surface area contributed by atoms with Crippen molar-refractivity contribution in [2.75, 3.05) is 0 Å². The van der Waals surface area contributed by atoms with E-state index in [1.165, 1.54) is 30.4 Å². The number of hydrogen-bond acceptors (Lipinski definition) is 2. The van der Waals surface area contributed by atoms with Crippen LogP contribution in [0, 0.1) is 5.92 Å². The minimum Gasteiger partial charge on any atom is -0.299 e. The summed E-state index contributed by atoms with van der Waals surface area (Å²) in [6.45, 7) is 1.55. The molecule has 0 aromatic carbocycles. The first kappa shape index (κ1) is 10.6. The van der Waals surface area contributed by atoms with E-state index in [1.54, 1.807) is 6.92 Å². The average Bonchev–Trinajstić information content (AvgIpc) is 2.61. The second-order valence-corrected chi connectivity index (χ2v) is 4.70. The Kier molecular flexibility index (Phi) is 3.03. The molecule has 15 heavy (non-hydrogen) atoms. The van der Waals surface area contributed by atoms with Crippen LogP contribution in [0.3, 0.4) is 0 Å². The molecule has 0 heterocycles. The number of carbonyl (C=O) groups excluding carboxylic acids is 2. The lowest BCUT2D eigenvalue weighted by atomic mass is 9.85. The first-order valence-electron chi connectivity index (χ1n) is 5.94. The van der Waals surface area contributed by atoms with Crippen molar-refractivity contribution in [2.24, 2.45) is 5.92 Å². The molecule has 2 fully saturated rings. The summed E-state index contributed by atoms with van der Waals surface area (Å²) in [7, 11) is 0. The summed E-state index contributed by atoms with van der Waals surface area (Å²) in [5, 5.41) is 0. The van der Waals surface area contributed by atoms with Crippen LogP contribution >= 0.6 is 0 Å². The molecule has 0 aliphatic heterocycles. The third-order valence-corrected chi connectivity index (χ3v) is 3.63. The molecule has 82 valence electrons. The molecule has 0 N–H and O–H groups in total. The van der Waals surface area contributed by atoms with E-state index in [0.717, 1.165) is 19.3 Å². The van der Waals surface area contributed by atoms with Crippen molar-refractivity contribution in [1.82, 2.24) is 0 Å². The zero-order valence-electron chi connectivity index (χ0n) is 9.34. The fourth-order valence-electron chi connectivity index (χ4n) is 2.89. The van der Waals surface area contributed by atoms with Gasteiger partial charge in [0.05, 0.1) is 5.92 Å². The van der Waals surface area contributed by atoms with Crippen molar-refractivity contribution in [3.05, 3.63) is 11.1 Å². The van der Waals surface area contributed by atoms with Crippen LogP contribution in [0.5, 0.6) is 0 Å². The molecular weight excluding hydrogens is 188 g/mol. The number of Topliss-reactive ketones (excluding diaryl/α,β-unsaturated/α-hetero) is 2. The van der Waals surface area contributed by atoms with Crippen molar-refractivity contribution < 1.29 is 9.59 Å². The van der Waals surface area contributed by atoms with Crippen LogP contribution in [0.25, 0.3) is 0 Å². The van der Waals surface area contributed by atoms with Gasteiger partial charge in [-0.2, -0.15) is 0 Å². The monoisotopic (exact) mass is 206 g/mol. The normalized spacial score (nSPS) is 27.3. The summed E-state index contributed by atoms with van der Waals surface area (Å²) < 4.78 is 0. The zero-order chi connectivity index (χ0) is 10.8. The van der Waals surface area contributed by atoms with Crippen LogP contribution in [-0.4, -0.2) is 11.6 Å². The fourth-order valence-corrected chi connectivity index (χ4v) is 2.89. The SMILES string of the molecule is CC(=O)C1C(=O)CCC1=C1CCCCC1. The average molecular weight is 206 g/mol. The molecule has 2 saturated carbocycles. The second-order valence-electron chi connectivity index (χ2n) is 4.70. The van der Waals surface area contributed by atoms with Crippen LogP contribution in [0.1, 0.15) is 51.9 Å². The van der Waals surface area contributed by atoms with E-state index in [9.17, 15) is 9.59 Å². The van der Waals surface area contributed by atoms with Crippen LogP contribution in [0.15, 0.2) is 11.1 Å². The molecule has 0 aromatic rings. The van der Waals surface area contributed by atoms with Crippen molar-refractivity contribution in [3.63, 3.8) is 0 Å². The minimum atomic E-state index is -0.363.